The molecule has 2 N–H and O–H groups in total. The van der Waals surface area contributed by atoms with Gasteiger partial charge in [0, 0.05) is 37.9 Å². The summed E-state index contributed by atoms with van der Waals surface area (Å²) in [5, 5.41) is 0. The van der Waals surface area contributed by atoms with Gasteiger partial charge in [-0.15, -0.1) is 0 Å². The molecule has 0 aliphatic carbocycles. The predicted molar refractivity (Wildman–Crippen MR) is 67.0 cm³/mol. The van der Waals surface area contributed by atoms with Crippen LogP contribution in [0.3, 0.4) is 0 Å². The van der Waals surface area contributed by atoms with Crippen LogP contribution in [-0.4, -0.2) is 38.8 Å². The molecular weight excluding hydrogens is 235 g/mol. The molecule has 4 nitrogen and oxygen atoms in total. The number of nitrogens with zero attached hydrogens (tertiary/aromatic N) is 1. The molecule has 1 heterocycles. The molecule has 2 rings (SSSR count). The van der Waals surface area contributed by atoms with Crippen LogP contribution in [0.4, 0.5) is 4.39 Å². The summed E-state index contributed by atoms with van der Waals surface area (Å²) in [6.07, 6.45) is 0. The minimum atomic E-state index is -0.207. The molecule has 0 saturated carbocycles. The van der Waals surface area contributed by atoms with Crippen LogP contribution >= 0.6 is 0 Å². The molecule has 0 radical (unpaired) electrons. The monoisotopic (exact) mass is 254 g/mol. The molecule has 100 valence electrons. The Morgan fingerprint density at radius 2 is 2.22 bits per heavy atom. The first kappa shape index (κ1) is 13.3. The highest BCUT2D eigenvalue weighted by molar-refractivity contribution is 5.45. The molecule has 18 heavy (non-hydrogen) atoms. The zero-order valence-corrected chi connectivity index (χ0v) is 10.8. The Labute approximate surface area is 106 Å². The van der Waals surface area contributed by atoms with Gasteiger partial charge in [-0.1, -0.05) is 0 Å². The van der Waals surface area contributed by atoms with Crippen molar-refractivity contribution in [1.82, 2.24) is 4.90 Å². The van der Waals surface area contributed by atoms with Gasteiger partial charge in [0.15, 0.2) is 0 Å². The maximum absolute atomic E-state index is 14.0. The van der Waals surface area contributed by atoms with Gasteiger partial charge in [0.2, 0.25) is 0 Å². The fraction of sp³-hybridized carbons (Fsp3) is 0.538. The van der Waals surface area contributed by atoms with E-state index < -0.39 is 0 Å². The van der Waals surface area contributed by atoms with Crippen LogP contribution < -0.4 is 10.5 Å². The zero-order valence-electron chi connectivity index (χ0n) is 10.8. The Bertz CT molecular complexity index is 426. The van der Waals surface area contributed by atoms with Gasteiger partial charge in [-0.3, -0.25) is 4.90 Å². The number of rotatable bonds is 5. The average molecular weight is 254 g/mol. The van der Waals surface area contributed by atoms with Crippen molar-refractivity contribution in [3.8, 4) is 5.75 Å². The van der Waals surface area contributed by atoms with Gasteiger partial charge in [-0.25, -0.2) is 4.39 Å². The van der Waals surface area contributed by atoms with Crippen LogP contribution in [0.2, 0.25) is 0 Å². The van der Waals surface area contributed by atoms with Gasteiger partial charge in [-0.2, -0.15) is 0 Å². The van der Waals surface area contributed by atoms with E-state index in [0.717, 1.165) is 17.9 Å². The molecule has 1 unspecified atom stereocenters. The van der Waals surface area contributed by atoms with Gasteiger partial charge >= 0.3 is 0 Å². The minimum Gasteiger partial charge on any atom is -0.496 e. The van der Waals surface area contributed by atoms with Crippen molar-refractivity contribution < 1.29 is 13.9 Å². The standard InChI is InChI=1S/C13H19FN2O2/c1-17-6-5-16-8-9-12(18-2)4-3-10(14)13(9)11(16)7-15/h3-4,11H,5-8,15H2,1-2H3. The molecule has 0 amide bonds. The van der Waals surface area contributed by atoms with Crippen LogP contribution in [0.15, 0.2) is 12.1 Å². The smallest absolute Gasteiger partial charge is 0.128 e. The van der Waals surface area contributed by atoms with Crippen molar-refractivity contribution in [3.63, 3.8) is 0 Å². The van der Waals surface area contributed by atoms with Crippen LogP contribution in [0, 0.1) is 5.82 Å². The topological polar surface area (TPSA) is 47.7 Å². The summed E-state index contributed by atoms with van der Waals surface area (Å²) in [7, 11) is 3.25. The fourth-order valence-corrected chi connectivity index (χ4v) is 2.54. The fourth-order valence-electron chi connectivity index (χ4n) is 2.54. The Hall–Kier alpha value is -1.17. The first-order chi connectivity index (χ1) is 8.72. The molecule has 0 fully saturated rings. The predicted octanol–water partition coefficient (Wildman–Crippen LogP) is 1.30. The van der Waals surface area contributed by atoms with E-state index in [2.05, 4.69) is 4.90 Å². The molecule has 0 bridgehead atoms. The molecular formula is C13H19FN2O2. The molecule has 1 aromatic carbocycles. The Kier molecular flexibility index (Phi) is 4.16. The van der Waals surface area contributed by atoms with Crippen molar-refractivity contribution >= 4 is 0 Å². The summed E-state index contributed by atoms with van der Waals surface area (Å²) < 4.78 is 24.3. The first-order valence-electron chi connectivity index (χ1n) is 6.01. The van der Waals surface area contributed by atoms with E-state index in [-0.39, 0.29) is 11.9 Å². The maximum Gasteiger partial charge on any atom is 0.128 e. The number of nitrogens with two attached hydrogens (primary N) is 1. The molecule has 1 atom stereocenters. The highest BCUT2D eigenvalue weighted by Gasteiger charge is 2.33. The van der Waals surface area contributed by atoms with E-state index in [9.17, 15) is 4.39 Å². The second-order valence-electron chi connectivity index (χ2n) is 4.36. The lowest BCUT2D eigenvalue weighted by Crippen LogP contribution is -2.31. The zero-order chi connectivity index (χ0) is 13.1. The number of ether oxygens (including phenoxy) is 2. The van der Waals surface area contributed by atoms with E-state index in [1.165, 1.54) is 6.07 Å². The quantitative estimate of drug-likeness (QED) is 0.860. The van der Waals surface area contributed by atoms with Crippen LogP contribution in [0.1, 0.15) is 17.2 Å². The first-order valence-corrected chi connectivity index (χ1v) is 6.01. The summed E-state index contributed by atoms with van der Waals surface area (Å²) in [6.45, 7) is 2.38. The summed E-state index contributed by atoms with van der Waals surface area (Å²) in [6, 6.07) is 3.02. The minimum absolute atomic E-state index is 0.0924. The van der Waals surface area contributed by atoms with Gasteiger partial charge < -0.3 is 15.2 Å². The Morgan fingerprint density at radius 3 is 2.83 bits per heavy atom. The van der Waals surface area contributed by atoms with Crippen molar-refractivity contribution in [2.75, 3.05) is 33.9 Å². The average Bonchev–Trinajstić information content (AvgIpc) is 2.76. The third kappa shape index (κ3) is 2.21. The van der Waals surface area contributed by atoms with Gasteiger partial charge in [-0.05, 0) is 12.1 Å². The number of hydrogen-bond donors (Lipinski definition) is 1. The molecule has 1 aliphatic rings. The second-order valence-corrected chi connectivity index (χ2v) is 4.36. The van der Waals surface area contributed by atoms with E-state index in [0.29, 0.717) is 25.3 Å². The SMILES string of the molecule is COCCN1Cc2c(OC)ccc(F)c2C1CN. The van der Waals surface area contributed by atoms with Crippen LogP contribution in [0.25, 0.3) is 0 Å². The molecule has 0 aromatic heterocycles. The lowest BCUT2D eigenvalue weighted by atomic mass is 10.0. The van der Waals surface area contributed by atoms with Gasteiger partial charge in [0.1, 0.15) is 11.6 Å². The molecule has 1 aliphatic heterocycles. The van der Waals surface area contributed by atoms with Crippen molar-refractivity contribution in [2.24, 2.45) is 5.73 Å². The number of fused-ring (bicyclic) bond motifs is 1. The molecule has 0 spiro atoms. The van der Waals surface area contributed by atoms with Crippen molar-refractivity contribution in [1.29, 1.82) is 0 Å². The van der Waals surface area contributed by atoms with Crippen molar-refractivity contribution in [2.45, 2.75) is 12.6 Å². The third-order valence-electron chi connectivity index (χ3n) is 3.42. The number of methoxy groups -OCH3 is 2. The maximum atomic E-state index is 14.0. The lowest BCUT2D eigenvalue weighted by molar-refractivity contribution is 0.127. The van der Waals surface area contributed by atoms with E-state index in [1.54, 1.807) is 20.3 Å². The van der Waals surface area contributed by atoms with Crippen LogP contribution in [-0.2, 0) is 11.3 Å². The molecule has 1 aromatic rings. The Morgan fingerprint density at radius 1 is 1.44 bits per heavy atom. The molecule has 5 heteroatoms. The van der Waals surface area contributed by atoms with E-state index in [1.807, 2.05) is 0 Å². The van der Waals surface area contributed by atoms with Gasteiger partial charge in [0.25, 0.3) is 0 Å². The summed E-state index contributed by atoms with van der Waals surface area (Å²) in [4.78, 5) is 2.12. The van der Waals surface area contributed by atoms with E-state index in [4.69, 9.17) is 15.2 Å². The van der Waals surface area contributed by atoms with Crippen molar-refractivity contribution in [3.05, 3.63) is 29.1 Å². The number of halogens is 1. The summed E-state index contributed by atoms with van der Waals surface area (Å²) in [5.41, 5.74) is 7.36. The largest absolute Gasteiger partial charge is 0.496 e. The number of hydrogen-bond acceptors (Lipinski definition) is 4. The lowest BCUT2D eigenvalue weighted by Gasteiger charge is -2.23. The highest BCUT2D eigenvalue weighted by Crippen LogP contribution is 2.39. The summed E-state index contributed by atoms with van der Waals surface area (Å²) >= 11 is 0. The molecule has 0 saturated heterocycles. The number of benzene rings is 1. The second kappa shape index (κ2) is 5.65. The van der Waals surface area contributed by atoms with Gasteiger partial charge in [0.05, 0.1) is 19.8 Å². The highest BCUT2D eigenvalue weighted by atomic mass is 19.1. The normalized spacial score (nSPS) is 19.0. The van der Waals surface area contributed by atoms with Crippen LogP contribution in [0.5, 0.6) is 5.75 Å². The third-order valence-corrected chi connectivity index (χ3v) is 3.42. The van der Waals surface area contributed by atoms with E-state index >= 15 is 0 Å². The Balaban J connectivity index is 2.34. The summed E-state index contributed by atoms with van der Waals surface area (Å²) in [5.74, 6) is 0.519.